The summed E-state index contributed by atoms with van der Waals surface area (Å²) in [6.07, 6.45) is 0. The van der Waals surface area contributed by atoms with Gasteiger partial charge in [0, 0.05) is 28.1 Å². The van der Waals surface area contributed by atoms with Crippen LogP contribution in [-0.4, -0.2) is 11.7 Å². The summed E-state index contributed by atoms with van der Waals surface area (Å²) in [5.74, 6) is 0. The zero-order valence-electron chi connectivity index (χ0n) is 8.80. The van der Waals surface area contributed by atoms with Crippen LogP contribution in [0.5, 0.6) is 0 Å². The highest BCUT2D eigenvalue weighted by atomic mass is 35.5. The Hall–Kier alpha value is -0.280. The third-order valence-corrected chi connectivity index (χ3v) is 3.11. The maximum atomic E-state index is 9.22. The Labute approximate surface area is 100.0 Å². The number of aliphatic hydroxyl groups is 1. The summed E-state index contributed by atoms with van der Waals surface area (Å²) in [6, 6.07) is 4.89. The lowest BCUT2D eigenvalue weighted by atomic mass is 9.82. The second kappa shape index (κ2) is 4.71. The van der Waals surface area contributed by atoms with E-state index in [0.717, 1.165) is 5.56 Å². The van der Waals surface area contributed by atoms with Crippen molar-refractivity contribution in [3.8, 4) is 0 Å². The molecule has 0 aliphatic rings. The number of halogens is 2. The average Bonchev–Trinajstić information content (AvgIpc) is 2.17. The van der Waals surface area contributed by atoms with Crippen LogP contribution in [0.1, 0.15) is 25.5 Å². The van der Waals surface area contributed by atoms with Crippen LogP contribution in [0.2, 0.25) is 10.0 Å². The van der Waals surface area contributed by atoms with E-state index in [0.29, 0.717) is 10.0 Å². The van der Waals surface area contributed by atoms with Gasteiger partial charge in [0.25, 0.3) is 0 Å². The van der Waals surface area contributed by atoms with E-state index in [1.165, 1.54) is 0 Å². The van der Waals surface area contributed by atoms with Gasteiger partial charge in [0.1, 0.15) is 0 Å². The minimum absolute atomic E-state index is 0.00707. The van der Waals surface area contributed by atoms with Gasteiger partial charge >= 0.3 is 0 Å². The Morgan fingerprint density at radius 3 is 2.47 bits per heavy atom. The lowest BCUT2D eigenvalue weighted by Crippen LogP contribution is -2.32. The van der Waals surface area contributed by atoms with Crippen LogP contribution in [0, 0.1) is 5.41 Å². The van der Waals surface area contributed by atoms with E-state index in [1.54, 1.807) is 18.2 Å². The Balaban J connectivity index is 3.06. The van der Waals surface area contributed by atoms with Gasteiger partial charge in [-0.3, -0.25) is 0 Å². The van der Waals surface area contributed by atoms with Gasteiger partial charge in [-0.05, 0) is 17.7 Å². The topological polar surface area (TPSA) is 46.2 Å². The van der Waals surface area contributed by atoms with Crippen LogP contribution in [0.4, 0.5) is 0 Å². The number of nitrogens with two attached hydrogens (primary N) is 1. The molecular formula is C11H15Cl2NO. The Morgan fingerprint density at radius 2 is 2.00 bits per heavy atom. The molecule has 4 heteroatoms. The van der Waals surface area contributed by atoms with E-state index in [1.807, 2.05) is 13.8 Å². The predicted molar refractivity (Wildman–Crippen MR) is 64.3 cm³/mol. The maximum Gasteiger partial charge on any atom is 0.0500 e. The highest BCUT2D eigenvalue weighted by molar-refractivity contribution is 6.35. The van der Waals surface area contributed by atoms with Crippen LogP contribution >= 0.6 is 23.2 Å². The molecule has 0 bridgehead atoms. The Bertz CT molecular complexity index is 352. The molecule has 0 spiro atoms. The highest BCUT2D eigenvalue weighted by Crippen LogP contribution is 2.35. The second-order valence-corrected chi connectivity index (χ2v) is 5.13. The van der Waals surface area contributed by atoms with Gasteiger partial charge in [0.2, 0.25) is 0 Å². The van der Waals surface area contributed by atoms with Gasteiger partial charge in [-0.2, -0.15) is 0 Å². The van der Waals surface area contributed by atoms with Crippen molar-refractivity contribution in [2.45, 2.75) is 19.9 Å². The summed E-state index contributed by atoms with van der Waals surface area (Å²) in [4.78, 5) is 0. The fourth-order valence-electron chi connectivity index (χ4n) is 1.27. The standard InChI is InChI=1S/C11H15Cl2NO/c1-11(2,6-15)10(14)8-4-3-7(12)5-9(8)13/h3-5,10,15H,6,14H2,1-2H3/t10-/m0/s1. The minimum atomic E-state index is -0.405. The SMILES string of the molecule is CC(C)(CO)[C@@H](N)c1ccc(Cl)cc1Cl. The number of aliphatic hydroxyl groups excluding tert-OH is 1. The van der Waals surface area contributed by atoms with Gasteiger partial charge in [-0.1, -0.05) is 43.1 Å². The lowest BCUT2D eigenvalue weighted by Gasteiger charge is -2.30. The minimum Gasteiger partial charge on any atom is -0.396 e. The van der Waals surface area contributed by atoms with E-state index < -0.39 is 5.41 Å². The van der Waals surface area contributed by atoms with Crippen LogP contribution in [-0.2, 0) is 0 Å². The number of rotatable bonds is 3. The van der Waals surface area contributed by atoms with E-state index in [2.05, 4.69) is 0 Å². The van der Waals surface area contributed by atoms with Gasteiger partial charge in [0.15, 0.2) is 0 Å². The molecule has 0 saturated heterocycles. The largest absolute Gasteiger partial charge is 0.396 e. The zero-order chi connectivity index (χ0) is 11.6. The first-order valence-electron chi connectivity index (χ1n) is 4.70. The average molecular weight is 248 g/mol. The first-order chi connectivity index (χ1) is 6.88. The molecule has 1 atom stereocenters. The van der Waals surface area contributed by atoms with Gasteiger partial charge in [-0.15, -0.1) is 0 Å². The highest BCUT2D eigenvalue weighted by Gasteiger charge is 2.28. The van der Waals surface area contributed by atoms with E-state index in [9.17, 15) is 5.11 Å². The molecule has 15 heavy (non-hydrogen) atoms. The quantitative estimate of drug-likeness (QED) is 0.863. The Kier molecular flexibility index (Phi) is 4.01. The van der Waals surface area contributed by atoms with Crippen LogP contribution < -0.4 is 5.73 Å². The molecule has 0 aromatic heterocycles. The van der Waals surface area contributed by atoms with Crippen molar-refractivity contribution in [2.24, 2.45) is 11.1 Å². The molecule has 0 radical (unpaired) electrons. The van der Waals surface area contributed by atoms with Crippen molar-refractivity contribution < 1.29 is 5.11 Å². The van der Waals surface area contributed by atoms with Crippen LogP contribution in [0.15, 0.2) is 18.2 Å². The smallest absolute Gasteiger partial charge is 0.0500 e. The first-order valence-corrected chi connectivity index (χ1v) is 5.45. The molecule has 1 aromatic rings. The van der Waals surface area contributed by atoms with Gasteiger partial charge < -0.3 is 10.8 Å². The molecular weight excluding hydrogens is 233 g/mol. The van der Waals surface area contributed by atoms with E-state index >= 15 is 0 Å². The molecule has 2 nitrogen and oxygen atoms in total. The fourth-order valence-corrected chi connectivity index (χ4v) is 1.80. The molecule has 0 aliphatic carbocycles. The summed E-state index contributed by atoms with van der Waals surface area (Å²) in [7, 11) is 0. The van der Waals surface area contributed by atoms with Crippen molar-refractivity contribution in [3.05, 3.63) is 33.8 Å². The molecule has 0 saturated carbocycles. The summed E-state index contributed by atoms with van der Waals surface area (Å²) in [5, 5.41) is 10.3. The van der Waals surface area contributed by atoms with Crippen LogP contribution in [0.3, 0.4) is 0 Å². The molecule has 0 heterocycles. The normalized spacial score (nSPS) is 14.0. The van der Waals surface area contributed by atoms with Crippen molar-refractivity contribution in [2.75, 3.05) is 6.61 Å². The number of hydrogen-bond donors (Lipinski definition) is 2. The summed E-state index contributed by atoms with van der Waals surface area (Å²) < 4.78 is 0. The first kappa shape index (κ1) is 12.8. The number of benzene rings is 1. The fraction of sp³-hybridized carbons (Fsp3) is 0.455. The second-order valence-electron chi connectivity index (χ2n) is 4.29. The van der Waals surface area contributed by atoms with Crippen molar-refractivity contribution in [1.29, 1.82) is 0 Å². The van der Waals surface area contributed by atoms with Gasteiger partial charge in [-0.25, -0.2) is 0 Å². The van der Waals surface area contributed by atoms with E-state index in [-0.39, 0.29) is 12.6 Å². The lowest BCUT2D eigenvalue weighted by molar-refractivity contribution is 0.132. The summed E-state index contributed by atoms with van der Waals surface area (Å²) in [6.45, 7) is 3.79. The predicted octanol–water partition coefficient (Wildman–Crippen LogP) is 3.01. The molecule has 0 amide bonds. The monoisotopic (exact) mass is 247 g/mol. The third kappa shape index (κ3) is 2.85. The molecule has 0 aliphatic heterocycles. The van der Waals surface area contributed by atoms with Crippen molar-refractivity contribution in [1.82, 2.24) is 0 Å². The molecule has 3 N–H and O–H groups in total. The molecule has 84 valence electrons. The zero-order valence-corrected chi connectivity index (χ0v) is 10.3. The molecule has 0 fully saturated rings. The maximum absolute atomic E-state index is 9.22. The molecule has 1 aromatic carbocycles. The molecule has 1 rings (SSSR count). The van der Waals surface area contributed by atoms with Crippen LogP contribution in [0.25, 0.3) is 0 Å². The summed E-state index contributed by atoms with van der Waals surface area (Å²) in [5.41, 5.74) is 6.45. The van der Waals surface area contributed by atoms with Crippen molar-refractivity contribution in [3.63, 3.8) is 0 Å². The van der Waals surface area contributed by atoms with Gasteiger partial charge in [0.05, 0.1) is 0 Å². The Morgan fingerprint density at radius 1 is 1.40 bits per heavy atom. The number of hydrogen-bond acceptors (Lipinski definition) is 2. The molecule has 0 unspecified atom stereocenters. The summed E-state index contributed by atoms with van der Waals surface area (Å²) >= 11 is 11.8. The third-order valence-electron chi connectivity index (χ3n) is 2.55. The van der Waals surface area contributed by atoms with Crippen molar-refractivity contribution >= 4 is 23.2 Å². The van der Waals surface area contributed by atoms with E-state index in [4.69, 9.17) is 28.9 Å².